The van der Waals surface area contributed by atoms with Crippen molar-refractivity contribution in [3.63, 3.8) is 0 Å². The zero-order valence-electron chi connectivity index (χ0n) is 12.4. The summed E-state index contributed by atoms with van der Waals surface area (Å²) in [5, 5.41) is 1.07. The predicted molar refractivity (Wildman–Crippen MR) is 83.9 cm³/mol. The molecule has 0 unspecified atom stereocenters. The van der Waals surface area contributed by atoms with Gasteiger partial charge in [-0.15, -0.1) is 11.3 Å². The lowest BCUT2D eigenvalue weighted by Gasteiger charge is -2.12. The molecule has 1 aromatic carbocycles. The maximum Gasteiger partial charge on any atom is 0.226 e. The molecule has 2 aromatic heterocycles. The average Bonchev–Trinajstić information content (AvgIpc) is 3.09. The van der Waals surface area contributed by atoms with E-state index in [1.54, 1.807) is 29.7 Å². The van der Waals surface area contributed by atoms with E-state index < -0.39 is 0 Å². The van der Waals surface area contributed by atoms with E-state index in [0.29, 0.717) is 12.4 Å². The number of hydrogen-bond donors (Lipinski definition) is 0. The van der Waals surface area contributed by atoms with Gasteiger partial charge in [0.25, 0.3) is 0 Å². The van der Waals surface area contributed by atoms with E-state index in [1.165, 1.54) is 17.0 Å². The Bertz CT molecular complexity index is 751. The smallest absolute Gasteiger partial charge is 0.226 e. The zero-order valence-corrected chi connectivity index (χ0v) is 13.2. The van der Waals surface area contributed by atoms with Crippen LogP contribution in [0.2, 0.25) is 0 Å². The minimum atomic E-state index is -0.268. The van der Waals surface area contributed by atoms with Crippen LogP contribution in [0.5, 0.6) is 0 Å². The fourth-order valence-electron chi connectivity index (χ4n) is 2.18. The van der Waals surface area contributed by atoms with Gasteiger partial charge in [0.15, 0.2) is 0 Å². The zero-order chi connectivity index (χ0) is 15.5. The van der Waals surface area contributed by atoms with Crippen LogP contribution in [0.25, 0.3) is 11.5 Å². The molecular formula is C16H16FN3OS. The second-order valence-electron chi connectivity index (χ2n) is 5.17. The topological polar surface area (TPSA) is 42.2 Å². The summed E-state index contributed by atoms with van der Waals surface area (Å²) in [6.07, 6.45) is 3.55. The number of hydrogen-bond acceptors (Lipinski definition) is 5. The van der Waals surface area contributed by atoms with E-state index in [1.807, 2.05) is 20.2 Å². The van der Waals surface area contributed by atoms with E-state index in [9.17, 15) is 4.39 Å². The summed E-state index contributed by atoms with van der Waals surface area (Å²) < 4.78 is 18.4. The summed E-state index contributed by atoms with van der Waals surface area (Å²) in [5.41, 5.74) is 1.62. The van der Waals surface area contributed by atoms with E-state index in [-0.39, 0.29) is 5.82 Å². The highest BCUT2D eigenvalue weighted by molar-refractivity contribution is 7.11. The molecule has 6 heteroatoms. The number of thiazole rings is 1. The van der Waals surface area contributed by atoms with Gasteiger partial charge in [0.2, 0.25) is 5.89 Å². The molecule has 0 amide bonds. The largest absolute Gasteiger partial charge is 0.444 e. The molecule has 0 aliphatic heterocycles. The van der Waals surface area contributed by atoms with E-state index in [2.05, 4.69) is 14.9 Å². The number of oxazole rings is 1. The first-order chi connectivity index (χ1) is 10.6. The lowest BCUT2D eigenvalue weighted by atomic mass is 10.2. The van der Waals surface area contributed by atoms with Gasteiger partial charge >= 0.3 is 0 Å². The van der Waals surface area contributed by atoms with Crippen LogP contribution in [0, 0.1) is 12.7 Å². The number of halogens is 1. The Morgan fingerprint density at radius 3 is 2.68 bits per heavy atom. The number of aromatic nitrogens is 2. The van der Waals surface area contributed by atoms with Gasteiger partial charge in [0.05, 0.1) is 10.7 Å². The molecular weight excluding hydrogens is 301 g/mol. The van der Waals surface area contributed by atoms with E-state index in [4.69, 9.17) is 4.42 Å². The van der Waals surface area contributed by atoms with Crippen molar-refractivity contribution < 1.29 is 8.81 Å². The third-order valence-corrected chi connectivity index (χ3v) is 4.07. The third kappa shape index (κ3) is 3.58. The second-order valence-corrected chi connectivity index (χ2v) is 6.49. The van der Waals surface area contributed by atoms with Crippen molar-refractivity contribution >= 4 is 11.3 Å². The molecule has 0 radical (unpaired) electrons. The highest BCUT2D eigenvalue weighted by Gasteiger charge is 2.10. The van der Waals surface area contributed by atoms with Crippen molar-refractivity contribution in [3.8, 4) is 11.5 Å². The first-order valence-electron chi connectivity index (χ1n) is 6.90. The van der Waals surface area contributed by atoms with Crippen molar-refractivity contribution in [2.75, 3.05) is 7.05 Å². The Hall–Kier alpha value is -2.05. The summed E-state index contributed by atoms with van der Waals surface area (Å²) in [7, 11) is 2.03. The van der Waals surface area contributed by atoms with Gasteiger partial charge in [-0.05, 0) is 38.2 Å². The molecule has 0 aliphatic rings. The van der Waals surface area contributed by atoms with E-state index in [0.717, 1.165) is 22.8 Å². The highest BCUT2D eigenvalue weighted by atomic mass is 32.1. The van der Waals surface area contributed by atoms with Crippen LogP contribution in [0.15, 0.2) is 41.1 Å². The van der Waals surface area contributed by atoms with Gasteiger partial charge in [-0.3, -0.25) is 4.90 Å². The van der Waals surface area contributed by atoms with Crippen LogP contribution in [0.4, 0.5) is 4.39 Å². The predicted octanol–water partition coefficient (Wildman–Crippen LogP) is 3.88. The van der Waals surface area contributed by atoms with Gasteiger partial charge in [0.1, 0.15) is 12.1 Å². The normalized spacial score (nSPS) is 11.3. The first kappa shape index (κ1) is 14.9. The van der Waals surface area contributed by atoms with Gasteiger partial charge in [-0.1, -0.05) is 0 Å². The molecule has 0 aliphatic carbocycles. The molecule has 4 nitrogen and oxygen atoms in total. The minimum Gasteiger partial charge on any atom is -0.444 e. The fourth-order valence-corrected chi connectivity index (χ4v) is 3.06. The molecule has 0 saturated heterocycles. The fraction of sp³-hybridized carbons (Fsp3) is 0.250. The van der Waals surface area contributed by atoms with Gasteiger partial charge in [0, 0.05) is 29.7 Å². The van der Waals surface area contributed by atoms with Crippen molar-refractivity contribution in [3.05, 3.63) is 58.1 Å². The van der Waals surface area contributed by atoms with Crippen LogP contribution in [-0.2, 0) is 13.1 Å². The van der Waals surface area contributed by atoms with Gasteiger partial charge in [-0.25, -0.2) is 14.4 Å². The Labute approximate surface area is 132 Å². The number of benzene rings is 1. The Kier molecular flexibility index (Phi) is 4.31. The summed E-state index contributed by atoms with van der Waals surface area (Å²) in [6.45, 7) is 3.51. The molecule has 0 atom stereocenters. The lowest BCUT2D eigenvalue weighted by molar-refractivity contribution is 0.317. The van der Waals surface area contributed by atoms with Crippen LogP contribution >= 0.6 is 11.3 Å². The number of rotatable bonds is 5. The van der Waals surface area contributed by atoms with Gasteiger partial charge < -0.3 is 4.42 Å². The molecule has 0 N–H and O–H groups in total. The third-order valence-electron chi connectivity index (χ3n) is 3.17. The van der Waals surface area contributed by atoms with Crippen molar-refractivity contribution in [1.82, 2.24) is 14.9 Å². The number of aryl methyl sites for hydroxylation is 1. The SMILES string of the molecule is Cc1ncc(CN(C)Cc2coc(-c3ccc(F)cc3)n2)s1. The molecule has 0 fully saturated rings. The molecule has 0 saturated carbocycles. The van der Waals surface area contributed by atoms with Crippen molar-refractivity contribution in [1.29, 1.82) is 0 Å². The quantitative estimate of drug-likeness (QED) is 0.716. The Balaban J connectivity index is 1.65. The van der Waals surface area contributed by atoms with Crippen LogP contribution in [0.3, 0.4) is 0 Å². The average molecular weight is 317 g/mol. The highest BCUT2D eigenvalue weighted by Crippen LogP contribution is 2.20. The molecule has 22 heavy (non-hydrogen) atoms. The van der Waals surface area contributed by atoms with Gasteiger partial charge in [-0.2, -0.15) is 0 Å². The Morgan fingerprint density at radius 2 is 2.00 bits per heavy atom. The summed E-state index contributed by atoms with van der Waals surface area (Å²) in [5.74, 6) is 0.243. The van der Waals surface area contributed by atoms with Crippen molar-refractivity contribution in [2.24, 2.45) is 0 Å². The van der Waals surface area contributed by atoms with Crippen LogP contribution < -0.4 is 0 Å². The summed E-state index contributed by atoms with van der Waals surface area (Å²) in [6, 6.07) is 6.12. The second kappa shape index (κ2) is 6.37. The van der Waals surface area contributed by atoms with Crippen LogP contribution in [-0.4, -0.2) is 21.9 Å². The maximum atomic E-state index is 12.9. The molecule has 3 aromatic rings. The van der Waals surface area contributed by atoms with Crippen LogP contribution in [0.1, 0.15) is 15.6 Å². The lowest BCUT2D eigenvalue weighted by Crippen LogP contribution is -2.16. The molecule has 0 spiro atoms. The molecule has 3 rings (SSSR count). The number of nitrogens with zero attached hydrogens (tertiary/aromatic N) is 3. The molecule has 114 valence electrons. The minimum absolute atomic E-state index is 0.268. The summed E-state index contributed by atoms with van der Waals surface area (Å²) in [4.78, 5) is 12.1. The first-order valence-corrected chi connectivity index (χ1v) is 7.72. The maximum absolute atomic E-state index is 12.9. The van der Waals surface area contributed by atoms with E-state index >= 15 is 0 Å². The molecule has 0 bridgehead atoms. The van der Waals surface area contributed by atoms with Crippen molar-refractivity contribution in [2.45, 2.75) is 20.0 Å². The molecule has 2 heterocycles. The summed E-state index contributed by atoms with van der Waals surface area (Å²) >= 11 is 1.70. The monoisotopic (exact) mass is 317 g/mol. The Morgan fingerprint density at radius 1 is 1.23 bits per heavy atom. The standard InChI is InChI=1S/C16H16FN3OS/c1-11-18-7-15(22-11)9-20(2)8-14-10-21-16(19-14)12-3-5-13(17)6-4-12/h3-7,10H,8-9H2,1-2H3.